The molecule has 11 nitrogen and oxygen atoms in total. The molecule has 0 spiro atoms. The number of nitrogens with one attached hydrogen (secondary N) is 2. The molecule has 1 fully saturated rings. The van der Waals surface area contributed by atoms with Crippen LogP contribution in [0.25, 0.3) is 11.0 Å². The van der Waals surface area contributed by atoms with E-state index < -0.39 is 6.04 Å². The highest BCUT2D eigenvalue weighted by Crippen LogP contribution is 2.42. The third-order valence-electron chi connectivity index (χ3n) is 7.38. The monoisotopic (exact) mass is 509 g/mol. The molecule has 11 heteroatoms. The highest BCUT2D eigenvalue weighted by molar-refractivity contribution is 6.10. The van der Waals surface area contributed by atoms with Gasteiger partial charge in [0.25, 0.3) is 5.91 Å². The number of anilines is 5. The zero-order valence-corrected chi connectivity index (χ0v) is 21.1. The van der Waals surface area contributed by atoms with E-state index in [1.54, 1.807) is 48.8 Å². The van der Waals surface area contributed by atoms with Gasteiger partial charge < -0.3 is 15.0 Å². The molecule has 6 rings (SSSR count). The van der Waals surface area contributed by atoms with Crippen molar-refractivity contribution in [2.45, 2.75) is 50.8 Å². The summed E-state index contributed by atoms with van der Waals surface area (Å²) in [7, 11) is 1.75. The summed E-state index contributed by atoms with van der Waals surface area (Å²) in [4.78, 5) is 31.5. The number of fused-ring (bicyclic) bond motifs is 2. The van der Waals surface area contributed by atoms with E-state index in [2.05, 4.69) is 36.5 Å². The van der Waals surface area contributed by atoms with Crippen molar-refractivity contribution < 1.29 is 9.53 Å². The number of hydrogen-bond donors (Lipinski definition) is 2. The summed E-state index contributed by atoms with van der Waals surface area (Å²) in [6.45, 7) is 1.92. The van der Waals surface area contributed by atoms with Crippen LogP contribution in [0.15, 0.2) is 48.9 Å². The summed E-state index contributed by atoms with van der Waals surface area (Å²) < 4.78 is 5.58. The highest BCUT2D eigenvalue weighted by Gasteiger charge is 2.42. The number of nitrogens with zero attached hydrogens (tertiary/aromatic N) is 7. The second kappa shape index (κ2) is 9.72. The van der Waals surface area contributed by atoms with Gasteiger partial charge in [-0.3, -0.25) is 14.8 Å². The van der Waals surface area contributed by atoms with Crippen LogP contribution in [0.2, 0.25) is 0 Å². The number of amides is 1. The Kier molecular flexibility index (Phi) is 6.09. The molecule has 1 aliphatic carbocycles. The van der Waals surface area contributed by atoms with Crippen LogP contribution in [0.4, 0.5) is 28.8 Å². The summed E-state index contributed by atoms with van der Waals surface area (Å²) in [5.41, 5.74) is 3.10. The van der Waals surface area contributed by atoms with Crippen molar-refractivity contribution in [1.82, 2.24) is 25.1 Å². The van der Waals surface area contributed by atoms with Gasteiger partial charge in [0.15, 0.2) is 11.5 Å². The van der Waals surface area contributed by atoms with Gasteiger partial charge in [0.2, 0.25) is 5.95 Å². The van der Waals surface area contributed by atoms with Crippen LogP contribution in [0.1, 0.15) is 38.2 Å². The molecule has 1 atom stereocenters. The second-order valence-electron chi connectivity index (χ2n) is 9.64. The van der Waals surface area contributed by atoms with Gasteiger partial charge in [-0.2, -0.15) is 15.3 Å². The maximum Gasteiger partial charge on any atom is 0.254 e. The van der Waals surface area contributed by atoms with E-state index in [4.69, 9.17) is 9.72 Å². The molecular formula is C27H27N9O2. The molecule has 2 N–H and O–H groups in total. The number of carbonyl (C=O) groups excluding carboxylic acids is 1. The van der Waals surface area contributed by atoms with Crippen molar-refractivity contribution in [2.75, 3.05) is 22.2 Å². The van der Waals surface area contributed by atoms with E-state index in [0.717, 1.165) is 36.8 Å². The van der Waals surface area contributed by atoms with E-state index >= 15 is 0 Å². The first-order valence-corrected chi connectivity index (χ1v) is 12.6. The molecule has 0 bridgehead atoms. The lowest BCUT2D eigenvalue weighted by molar-refractivity contribution is -0.119. The minimum Gasteiger partial charge on any atom is -0.381 e. The first-order chi connectivity index (χ1) is 18.6. The molecule has 192 valence electrons. The van der Waals surface area contributed by atoms with Crippen molar-refractivity contribution in [1.29, 1.82) is 5.26 Å². The van der Waals surface area contributed by atoms with Gasteiger partial charge in [-0.1, -0.05) is 6.07 Å². The Morgan fingerprint density at radius 2 is 1.97 bits per heavy atom. The first kappa shape index (κ1) is 23.8. The number of nitriles is 1. The van der Waals surface area contributed by atoms with E-state index in [1.807, 2.05) is 19.1 Å². The van der Waals surface area contributed by atoms with Crippen molar-refractivity contribution in [3.05, 3.63) is 54.5 Å². The molecule has 3 aromatic heterocycles. The Hall–Kier alpha value is -4.56. The van der Waals surface area contributed by atoms with Crippen molar-refractivity contribution in [3.8, 4) is 6.07 Å². The zero-order chi connectivity index (χ0) is 26.2. The van der Waals surface area contributed by atoms with Crippen LogP contribution in [0.5, 0.6) is 0 Å². The minimum atomic E-state index is -0.455. The lowest BCUT2D eigenvalue weighted by atomic mass is 9.90. The summed E-state index contributed by atoms with van der Waals surface area (Å²) in [6.07, 6.45) is 8.95. The molecule has 4 heterocycles. The molecule has 4 aromatic rings. The Bertz CT molecular complexity index is 1540. The molecule has 2 aliphatic rings. The van der Waals surface area contributed by atoms with Crippen LogP contribution in [-0.2, 0) is 9.53 Å². The summed E-state index contributed by atoms with van der Waals surface area (Å²) in [5, 5.41) is 20.4. The number of methoxy groups -OCH3 is 1. The van der Waals surface area contributed by atoms with Crippen molar-refractivity contribution in [3.63, 3.8) is 0 Å². The predicted octanol–water partition coefficient (Wildman–Crippen LogP) is 4.19. The second-order valence-corrected chi connectivity index (χ2v) is 9.64. The molecule has 1 aromatic carbocycles. The standard InChI is InChI=1S/C27H27N9O2/c1-16-26(37)36(21-5-3-4-17(10-21)12-28)23-15-30-27(32-19-11-18-13-31-34-24(18)29-14-19)33-25(23)35(16)20-6-8-22(38-2)9-7-20/h3-5,10-11,13-16,20,22H,6-9H2,1-2H3,(H,29,31,34)(H,30,32,33)/t16-,20-,22-/m1/s1. The molecule has 0 saturated heterocycles. The maximum atomic E-state index is 13.8. The highest BCUT2D eigenvalue weighted by atomic mass is 16.5. The molecule has 1 saturated carbocycles. The van der Waals surface area contributed by atoms with Crippen LogP contribution in [0.3, 0.4) is 0 Å². The fraction of sp³-hybridized carbons (Fsp3) is 0.333. The fourth-order valence-electron chi connectivity index (χ4n) is 5.45. The van der Waals surface area contributed by atoms with E-state index in [-0.39, 0.29) is 18.1 Å². The van der Waals surface area contributed by atoms with Crippen LogP contribution in [0, 0.1) is 11.3 Å². The Labute approximate surface area is 219 Å². The van der Waals surface area contributed by atoms with Gasteiger partial charge >= 0.3 is 0 Å². The Morgan fingerprint density at radius 3 is 2.76 bits per heavy atom. The largest absolute Gasteiger partial charge is 0.381 e. The number of pyridine rings is 1. The maximum absolute atomic E-state index is 13.8. The lowest BCUT2D eigenvalue weighted by Crippen LogP contribution is -2.55. The number of aromatic nitrogens is 5. The van der Waals surface area contributed by atoms with E-state index in [9.17, 15) is 10.1 Å². The predicted molar refractivity (Wildman–Crippen MR) is 143 cm³/mol. The summed E-state index contributed by atoms with van der Waals surface area (Å²) >= 11 is 0. The van der Waals surface area contributed by atoms with Crippen LogP contribution in [-0.4, -0.2) is 56.4 Å². The number of rotatable bonds is 5. The van der Waals surface area contributed by atoms with Crippen LogP contribution >= 0.6 is 0 Å². The normalized spacial score (nSPS) is 21.3. The third-order valence-corrected chi connectivity index (χ3v) is 7.38. The number of ether oxygens (including phenoxy) is 1. The molecule has 0 radical (unpaired) electrons. The molecule has 38 heavy (non-hydrogen) atoms. The van der Waals surface area contributed by atoms with Gasteiger partial charge in [-0.05, 0) is 56.9 Å². The average molecular weight is 510 g/mol. The third kappa shape index (κ3) is 4.18. The number of H-pyrrole nitrogens is 1. The Morgan fingerprint density at radius 1 is 1.13 bits per heavy atom. The van der Waals surface area contributed by atoms with E-state index in [1.165, 1.54) is 0 Å². The Balaban J connectivity index is 1.42. The number of aromatic amines is 1. The average Bonchev–Trinajstić information content (AvgIpc) is 3.42. The molecule has 1 amide bonds. The summed E-state index contributed by atoms with van der Waals surface area (Å²) in [5.74, 6) is 0.992. The fourth-order valence-corrected chi connectivity index (χ4v) is 5.45. The van der Waals surface area contributed by atoms with Crippen LogP contribution < -0.4 is 15.1 Å². The summed E-state index contributed by atoms with van der Waals surface area (Å²) in [6, 6.07) is 10.8. The SMILES string of the molecule is CO[C@H]1CC[C@H](N2c3nc(Nc4cnc5[nH]ncc5c4)ncc3N(c3cccc(C#N)c3)C(=O)[C@H]2C)CC1. The first-order valence-electron chi connectivity index (χ1n) is 12.6. The number of carbonyl (C=O) groups is 1. The van der Waals surface area contributed by atoms with Crippen molar-refractivity contribution >= 4 is 45.8 Å². The minimum absolute atomic E-state index is 0.0830. The van der Waals surface area contributed by atoms with Crippen molar-refractivity contribution in [2.24, 2.45) is 0 Å². The zero-order valence-electron chi connectivity index (χ0n) is 21.1. The van der Waals surface area contributed by atoms with Gasteiger partial charge in [0.1, 0.15) is 11.7 Å². The molecule has 0 unspecified atom stereocenters. The molecule has 1 aliphatic heterocycles. The van der Waals surface area contributed by atoms with Gasteiger partial charge in [0.05, 0.1) is 47.7 Å². The van der Waals surface area contributed by atoms with Gasteiger partial charge in [-0.25, -0.2) is 9.97 Å². The number of benzene rings is 1. The molecular weight excluding hydrogens is 482 g/mol. The van der Waals surface area contributed by atoms with E-state index in [0.29, 0.717) is 34.4 Å². The lowest BCUT2D eigenvalue weighted by Gasteiger charge is -2.46. The topological polar surface area (TPSA) is 136 Å². The van der Waals surface area contributed by atoms with Gasteiger partial charge in [-0.15, -0.1) is 0 Å². The van der Waals surface area contributed by atoms with Gasteiger partial charge in [0, 0.05) is 18.5 Å². The quantitative estimate of drug-likeness (QED) is 0.406. The smallest absolute Gasteiger partial charge is 0.254 e. The number of hydrogen-bond acceptors (Lipinski definition) is 9.